The summed E-state index contributed by atoms with van der Waals surface area (Å²) in [7, 11) is 0. The number of hydrogen-bond acceptors (Lipinski definition) is 2. The van der Waals surface area contributed by atoms with Crippen LogP contribution in [0.3, 0.4) is 0 Å². The van der Waals surface area contributed by atoms with Crippen molar-refractivity contribution < 1.29 is 9.59 Å². The summed E-state index contributed by atoms with van der Waals surface area (Å²) in [5.41, 5.74) is 1.86. The number of nitrogens with one attached hydrogen (secondary N) is 2. The monoisotopic (exact) mass is 365 g/mol. The molecule has 0 saturated carbocycles. The molecule has 0 atom stereocenters. The molecule has 2 aromatic carbocycles. The van der Waals surface area contributed by atoms with E-state index < -0.39 is 0 Å². The molecule has 0 spiro atoms. The Bertz CT molecular complexity index is 723. The number of piperidine rings is 1. The fourth-order valence-corrected chi connectivity index (χ4v) is 3.41. The Labute approximate surface area is 160 Å². The first-order valence-corrected chi connectivity index (χ1v) is 9.62. The van der Waals surface area contributed by atoms with Crippen LogP contribution in [0.4, 0.5) is 10.5 Å². The smallest absolute Gasteiger partial charge is 0.321 e. The third kappa shape index (κ3) is 6.13. The third-order valence-corrected chi connectivity index (χ3v) is 5.01. The van der Waals surface area contributed by atoms with E-state index in [9.17, 15) is 9.59 Å². The minimum absolute atomic E-state index is 0.0317. The van der Waals surface area contributed by atoms with Crippen LogP contribution in [0.1, 0.15) is 24.8 Å². The Kier molecular flexibility index (Phi) is 6.85. The second-order valence-electron chi connectivity index (χ2n) is 7.03. The average molecular weight is 365 g/mol. The van der Waals surface area contributed by atoms with E-state index in [1.54, 1.807) is 0 Å². The number of carbonyl (C=O) groups is 2. The first kappa shape index (κ1) is 19.0. The molecule has 1 saturated heterocycles. The highest BCUT2D eigenvalue weighted by atomic mass is 16.2. The van der Waals surface area contributed by atoms with E-state index in [0.717, 1.165) is 43.6 Å². The fourth-order valence-electron chi connectivity index (χ4n) is 3.41. The highest BCUT2D eigenvalue weighted by Crippen LogP contribution is 2.20. The molecule has 1 heterocycles. The van der Waals surface area contributed by atoms with Gasteiger partial charge in [0.1, 0.15) is 0 Å². The lowest BCUT2D eigenvalue weighted by Crippen LogP contribution is -2.41. The van der Waals surface area contributed by atoms with E-state index in [-0.39, 0.29) is 11.9 Å². The van der Waals surface area contributed by atoms with Crippen molar-refractivity contribution in [2.75, 3.05) is 25.0 Å². The van der Waals surface area contributed by atoms with Gasteiger partial charge in [0.15, 0.2) is 0 Å². The Balaban J connectivity index is 1.32. The van der Waals surface area contributed by atoms with Crippen LogP contribution in [0.15, 0.2) is 60.7 Å². The molecule has 0 bridgehead atoms. The molecule has 3 amide bonds. The maximum absolute atomic E-state index is 12.3. The normalized spacial score (nSPS) is 14.6. The van der Waals surface area contributed by atoms with Gasteiger partial charge in [-0.15, -0.1) is 0 Å². The summed E-state index contributed by atoms with van der Waals surface area (Å²) < 4.78 is 0. The van der Waals surface area contributed by atoms with Crippen LogP contribution in [0.25, 0.3) is 0 Å². The number of nitrogens with zero attached hydrogens (tertiary/aromatic N) is 1. The molecule has 27 heavy (non-hydrogen) atoms. The number of hydrogen-bond donors (Lipinski definition) is 2. The number of urea groups is 1. The molecule has 0 unspecified atom stereocenters. The van der Waals surface area contributed by atoms with Gasteiger partial charge >= 0.3 is 6.03 Å². The number of rotatable bonds is 6. The summed E-state index contributed by atoms with van der Waals surface area (Å²) >= 11 is 0. The summed E-state index contributed by atoms with van der Waals surface area (Å²) in [6.45, 7) is 2.23. The first-order valence-electron chi connectivity index (χ1n) is 9.62. The van der Waals surface area contributed by atoms with E-state index in [2.05, 4.69) is 10.6 Å². The summed E-state index contributed by atoms with van der Waals surface area (Å²) in [6.07, 6.45) is 3.36. The molecule has 3 rings (SSSR count). The summed E-state index contributed by atoms with van der Waals surface area (Å²) in [5.74, 6) is 0.628. The Morgan fingerprint density at radius 3 is 2.22 bits per heavy atom. The minimum Gasteiger partial charge on any atom is -0.356 e. The molecule has 0 radical (unpaired) electrons. The topological polar surface area (TPSA) is 61.4 Å². The predicted molar refractivity (Wildman–Crippen MR) is 108 cm³/mol. The van der Waals surface area contributed by atoms with Gasteiger partial charge in [0, 0.05) is 25.3 Å². The number of anilines is 1. The summed E-state index contributed by atoms with van der Waals surface area (Å²) in [6, 6.07) is 19.3. The summed E-state index contributed by atoms with van der Waals surface area (Å²) in [5, 5.41) is 5.95. The van der Waals surface area contributed by atoms with E-state index in [1.807, 2.05) is 65.6 Å². The number of likely N-dealkylation sites (tertiary alicyclic amines) is 1. The van der Waals surface area contributed by atoms with Crippen LogP contribution in [0.2, 0.25) is 0 Å². The molecule has 5 heteroatoms. The van der Waals surface area contributed by atoms with Gasteiger partial charge in [0.2, 0.25) is 5.91 Å². The minimum atomic E-state index is -0.0317. The Morgan fingerprint density at radius 1 is 0.926 bits per heavy atom. The third-order valence-electron chi connectivity index (χ3n) is 5.01. The van der Waals surface area contributed by atoms with Gasteiger partial charge in [-0.05, 0) is 42.9 Å². The second-order valence-corrected chi connectivity index (χ2v) is 7.03. The van der Waals surface area contributed by atoms with Crippen molar-refractivity contribution in [3.8, 4) is 0 Å². The Morgan fingerprint density at radius 2 is 1.56 bits per heavy atom. The van der Waals surface area contributed by atoms with Crippen LogP contribution in [0.5, 0.6) is 0 Å². The molecule has 2 aromatic rings. The van der Waals surface area contributed by atoms with Crippen molar-refractivity contribution in [1.29, 1.82) is 0 Å². The van der Waals surface area contributed by atoms with E-state index >= 15 is 0 Å². The van der Waals surface area contributed by atoms with Gasteiger partial charge in [0.05, 0.1) is 6.42 Å². The van der Waals surface area contributed by atoms with Crippen molar-refractivity contribution in [3.05, 3.63) is 66.2 Å². The zero-order valence-electron chi connectivity index (χ0n) is 15.6. The number of benzene rings is 2. The van der Waals surface area contributed by atoms with Gasteiger partial charge in [-0.25, -0.2) is 4.79 Å². The van der Waals surface area contributed by atoms with Crippen LogP contribution >= 0.6 is 0 Å². The predicted octanol–water partition coefficient (Wildman–Crippen LogP) is 3.68. The van der Waals surface area contributed by atoms with Gasteiger partial charge < -0.3 is 15.5 Å². The van der Waals surface area contributed by atoms with Gasteiger partial charge in [-0.3, -0.25) is 4.79 Å². The molecule has 1 aliphatic heterocycles. The molecule has 2 N–H and O–H groups in total. The zero-order chi connectivity index (χ0) is 18.9. The van der Waals surface area contributed by atoms with Crippen molar-refractivity contribution in [1.82, 2.24) is 10.2 Å². The number of carbonyl (C=O) groups excluding carboxylic acids is 2. The highest BCUT2D eigenvalue weighted by Gasteiger charge is 2.22. The fraction of sp³-hybridized carbons (Fsp3) is 0.364. The molecule has 0 aromatic heterocycles. The van der Waals surface area contributed by atoms with E-state index in [0.29, 0.717) is 18.9 Å². The standard InChI is InChI=1S/C22H27N3O2/c26-21(17-19-7-3-1-4-8-19)23-14-11-18-12-15-25(16-13-18)22(27)24-20-9-5-2-6-10-20/h1-10,18H,11-17H2,(H,23,26)(H,24,27). The van der Waals surface area contributed by atoms with E-state index in [1.165, 1.54) is 0 Å². The molecule has 5 nitrogen and oxygen atoms in total. The first-order chi connectivity index (χ1) is 13.2. The van der Waals surface area contributed by atoms with Crippen LogP contribution in [-0.4, -0.2) is 36.5 Å². The molecule has 1 fully saturated rings. The Hall–Kier alpha value is -2.82. The average Bonchev–Trinajstić information content (AvgIpc) is 2.70. The number of para-hydroxylation sites is 1. The molecule has 0 aliphatic carbocycles. The van der Waals surface area contributed by atoms with E-state index in [4.69, 9.17) is 0 Å². The molecule has 142 valence electrons. The lowest BCUT2D eigenvalue weighted by molar-refractivity contribution is -0.120. The van der Waals surface area contributed by atoms with Gasteiger partial charge in [-0.1, -0.05) is 48.5 Å². The lowest BCUT2D eigenvalue weighted by atomic mass is 9.93. The molecular weight excluding hydrogens is 338 g/mol. The van der Waals surface area contributed by atoms with Crippen molar-refractivity contribution in [2.45, 2.75) is 25.7 Å². The second kappa shape index (κ2) is 9.76. The maximum atomic E-state index is 12.3. The summed E-state index contributed by atoms with van der Waals surface area (Å²) in [4.78, 5) is 26.2. The van der Waals surface area contributed by atoms with Gasteiger partial charge in [0.25, 0.3) is 0 Å². The quantitative estimate of drug-likeness (QED) is 0.820. The molecular formula is C22H27N3O2. The van der Waals surface area contributed by atoms with Crippen molar-refractivity contribution >= 4 is 17.6 Å². The highest BCUT2D eigenvalue weighted by molar-refractivity contribution is 5.89. The lowest BCUT2D eigenvalue weighted by Gasteiger charge is -2.32. The zero-order valence-corrected chi connectivity index (χ0v) is 15.6. The van der Waals surface area contributed by atoms with Crippen molar-refractivity contribution in [2.24, 2.45) is 5.92 Å². The maximum Gasteiger partial charge on any atom is 0.321 e. The molecule has 1 aliphatic rings. The van der Waals surface area contributed by atoms with Crippen molar-refractivity contribution in [3.63, 3.8) is 0 Å². The van der Waals surface area contributed by atoms with Gasteiger partial charge in [-0.2, -0.15) is 0 Å². The number of amides is 3. The largest absolute Gasteiger partial charge is 0.356 e. The van der Waals surface area contributed by atoms with Crippen LogP contribution in [-0.2, 0) is 11.2 Å². The van der Waals surface area contributed by atoms with Crippen LogP contribution < -0.4 is 10.6 Å². The SMILES string of the molecule is O=C(Cc1ccccc1)NCCC1CCN(C(=O)Nc2ccccc2)CC1. The van der Waals surface area contributed by atoms with Crippen LogP contribution in [0, 0.1) is 5.92 Å².